The number of carbonyl (C=O) groups is 1. The fourth-order valence-electron chi connectivity index (χ4n) is 1.17. The lowest BCUT2D eigenvalue weighted by Crippen LogP contribution is -2.34. The molecular formula is C9H11FO2. The lowest BCUT2D eigenvalue weighted by Gasteiger charge is -2.29. The highest BCUT2D eigenvalue weighted by molar-refractivity contribution is 5.78. The average molecular weight is 170 g/mol. The highest BCUT2D eigenvalue weighted by Crippen LogP contribution is 2.37. The summed E-state index contributed by atoms with van der Waals surface area (Å²) in [5.41, 5.74) is -1.10. The minimum atomic E-state index is -1.10. The van der Waals surface area contributed by atoms with Gasteiger partial charge in [0.15, 0.2) is 0 Å². The van der Waals surface area contributed by atoms with E-state index in [0.717, 1.165) is 0 Å². The van der Waals surface area contributed by atoms with E-state index in [9.17, 15) is 9.18 Å². The van der Waals surface area contributed by atoms with Crippen molar-refractivity contribution in [3.63, 3.8) is 0 Å². The maximum absolute atomic E-state index is 13.0. The first-order valence-corrected chi connectivity index (χ1v) is 3.77. The summed E-state index contributed by atoms with van der Waals surface area (Å²) >= 11 is 0. The fourth-order valence-corrected chi connectivity index (χ4v) is 1.17. The van der Waals surface area contributed by atoms with Crippen LogP contribution in [-0.4, -0.2) is 11.1 Å². The molecule has 0 aromatic heterocycles. The van der Waals surface area contributed by atoms with Crippen molar-refractivity contribution < 1.29 is 14.3 Å². The van der Waals surface area contributed by atoms with Crippen molar-refractivity contribution >= 4 is 5.97 Å². The van der Waals surface area contributed by atoms with Crippen LogP contribution in [0.5, 0.6) is 0 Å². The highest BCUT2D eigenvalue weighted by Gasteiger charge is 2.40. The zero-order valence-corrected chi connectivity index (χ0v) is 7.04. The first-order valence-electron chi connectivity index (χ1n) is 3.77. The molecule has 0 saturated heterocycles. The fraction of sp³-hybridized carbons (Fsp3) is 0.444. The van der Waals surface area contributed by atoms with Crippen molar-refractivity contribution in [1.29, 1.82) is 0 Å². The van der Waals surface area contributed by atoms with E-state index in [0.29, 0.717) is 0 Å². The monoisotopic (exact) mass is 170 g/mol. The van der Waals surface area contributed by atoms with Gasteiger partial charge in [0.25, 0.3) is 0 Å². The number of hydrogen-bond donors (Lipinski definition) is 1. The van der Waals surface area contributed by atoms with Crippen LogP contribution in [0.4, 0.5) is 4.39 Å². The molecule has 0 aromatic carbocycles. The maximum atomic E-state index is 13.0. The van der Waals surface area contributed by atoms with Gasteiger partial charge in [0.05, 0.1) is 5.41 Å². The lowest BCUT2D eigenvalue weighted by molar-refractivity contribution is -0.147. The number of carboxylic acid groups (broad SMARTS) is 1. The van der Waals surface area contributed by atoms with Crippen LogP contribution in [0, 0.1) is 11.3 Å². The van der Waals surface area contributed by atoms with E-state index in [2.05, 4.69) is 0 Å². The second-order valence-corrected chi connectivity index (χ2v) is 3.22. The summed E-state index contributed by atoms with van der Waals surface area (Å²) in [5.74, 6) is -1.95. The predicted octanol–water partition coefficient (Wildman–Crippen LogP) is 2.14. The third-order valence-corrected chi connectivity index (χ3v) is 2.47. The lowest BCUT2D eigenvalue weighted by atomic mass is 9.75. The molecule has 2 unspecified atom stereocenters. The number of hydrogen-bond acceptors (Lipinski definition) is 1. The van der Waals surface area contributed by atoms with Crippen LogP contribution >= 0.6 is 0 Å². The molecule has 0 spiro atoms. The molecule has 3 heteroatoms. The summed E-state index contributed by atoms with van der Waals surface area (Å²) in [7, 11) is 0. The summed E-state index contributed by atoms with van der Waals surface area (Å²) in [5, 5.41) is 8.84. The smallest absolute Gasteiger partial charge is 0.313 e. The molecular weight excluding hydrogens is 159 g/mol. The van der Waals surface area contributed by atoms with Crippen molar-refractivity contribution in [3.05, 3.63) is 24.1 Å². The molecule has 0 heterocycles. The molecule has 2 atom stereocenters. The first-order chi connectivity index (χ1) is 5.48. The van der Waals surface area contributed by atoms with Crippen LogP contribution in [0.25, 0.3) is 0 Å². The molecule has 1 aliphatic rings. The zero-order chi connectivity index (χ0) is 9.35. The van der Waals surface area contributed by atoms with Gasteiger partial charge in [-0.2, -0.15) is 0 Å². The Kier molecular flexibility index (Phi) is 2.04. The second kappa shape index (κ2) is 2.73. The molecule has 1 aliphatic carbocycles. The van der Waals surface area contributed by atoms with E-state index in [1.165, 1.54) is 25.2 Å². The second-order valence-electron chi connectivity index (χ2n) is 3.22. The summed E-state index contributed by atoms with van der Waals surface area (Å²) in [6.07, 6.45) is 4.27. The topological polar surface area (TPSA) is 37.3 Å². The van der Waals surface area contributed by atoms with Gasteiger partial charge in [-0.3, -0.25) is 4.79 Å². The normalized spacial score (nSPS) is 34.6. The molecule has 1 N–H and O–H groups in total. The predicted molar refractivity (Wildman–Crippen MR) is 43.2 cm³/mol. The van der Waals surface area contributed by atoms with Gasteiger partial charge in [-0.05, 0) is 13.0 Å². The molecule has 66 valence electrons. The van der Waals surface area contributed by atoms with E-state index in [4.69, 9.17) is 5.11 Å². The zero-order valence-electron chi connectivity index (χ0n) is 7.04. The largest absolute Gasteiger partial charge is 0.481 e. The molecule has 0 saturated carbocycles. The van der Waals surface area contributed by atoms with Crippen molar-refractivity contribution in [2.24, 2.45) is 11.3 Å². The van der Waals surface area contributed by atoms with E-state index in [1.807, 2.05) is 0 Å². The van der Waals surface area contributed by atoms with E-state index >= 15 is 0 Å². The molecule has 0 aliphatic heterocycles. The van der Waals surface area contributed by atoms with Crippen molar-refractivity contribution in [2.45, 2.75) is 13.8 Å². The van der Waals surface area contributed by atoms with Gasteiger partial charge >= 0.3 is 5.97 Å². The Morgan fingerprint density at radius 3 is 2.75 bits per heavy atom. The van der Waals surface area contributed by atoms with Gasteiger partial charge in [-0.1, -0.05) is 19.1 Å². The number of rotatable bonds is 1. The average Bonchev–Trinajstić information content (AvgIpc) is 2.00. The summed E-state index contributed by atoms with van der Waals surface area (Å²) in [4.78, 5) is 10.8. The minimum absolute atomic E-state index is 0.373. The number of carboxylic acids is 1. The van der Waals surface area contributed by atoms with Gasteiger partial charge in [-0.25, -0.2) is 4.39 Å². The van der Waals surface area contributed by atoms with Gasteiger partial charge in [0, 0.05) is 5.92 Å². The van der Waals surface area contributed by atoms with E-state index < -0.39 is 17.3 Å². The van der Waals surface area contributed by atoms with Gasteiger partial charge < -0.3 is 5.11 Å². The first kappa shape index (κ1) is 8.97. The summed E-state index contributed by atoms with van der Waals surface area (Å²) in [6, 6.07) is 0. The van der Waals surface area contributed by atoms with Gasteiger partial charge in [-0.15, -0.1) is 0 Å². The van der Waals surface area contributed by atoms with Crippen molar-refractivity contribution in [2.75, 3.05) is 0 Å². The Hall–Kier alpha value is -1.12. The molecule has 0 aromatic rings. The van der Waals surface area contributed by atoms with Gasteiger partial charge in [0.1, 0.15) is 5.83 Å². The van der Waals surface area contributed by atoms with Gasteiger partial charge in [0.2, 0.25) is 0 Å². The molecule has 0 fully saturated rings. The summed E-state index contributed by atoms with van der Waals surface area (Å²) < 4.78 is 13.0. The molecule has 1 rings (SSSR count). The number of aliphatic carboxylic acids is 1. The van der Waals surface area contributed by atoms with Crippen LogP contribution in [0.3, 0.4) is 0 Å². The SMILES string of the molecule is CC1C(F)=CC=CC1(C)C(=O)O. The maximum Gasteiger partial charge on any atom is 0.313 e. The minimum Gasteiger partial charge on any atom is -0.481 e. The van der Waals surface area contributed by atoms with E-state index in [1.54, 1.807) is 6.92 Å². The van der Waals surface area contributed by atoms with Crippen molar-refractivity contribution in [3.8, 4) is 0 Å². The Morgan fingerprint density at radius 2 is 2.33 bits per heavy atom. The Bertz CT molecular complexity index is 268. The van der Waals surface area contributed by atoms with Crippen LogP contribution in [0.2, 0.25) is 0 Å². The highest BCUT2D eigenvalue weighted by atomic mass is 19.1. The third kappa shape index (κ3) is 1.15. The molecule has 0 bridgehead atoms. The Morgan fingerprint density at radius 1 is 1.75 bits per heavy atom. The van der Waals surface area contributed by atoms with Crippen molar-refractivity contribution in [1.82, 2.24) is 0 Å². The standard InChI is InChI=1S/C9H11FO2/c1-6-7(10)4-3-5-9(6,2)8(11)12/h3-6H,1-2H3,(H,11,12). The Balaban J connectivity index is 3.03. The van der Waals surface area contributed by atoms with Crippen LogP contribution in [0.1, 0.15) is 13.8 Å². The molecule has 0 amide bonds. The summed E-state index contributed by atoms with van der Waals surface area (Å²) in [6.45, 7) is 3.09. The van der Waals surface area contributed by atoms with E-state index in [-0.39, 0.29) is 5.83 Å². The van der Waals surface area contributed by atoms with Crippen LogP contribution in [-0.2, 0) is 4.79 Å². The molecule has 2 nitrogen and oxygen atoms in total. The third-order valence-electron chi connectivity index (χ3n) is 2.47. The number of allylic oxidation sites excluding steroid dienone is 3. The molecule has 12 heavy (non-hydrogen) atoms. The molecule has 0 radical (unpaired) electrons. The number of halogens is 1. The quantitative estimate of drug-likeness (QED) is 0.654. The Labute approximate surface area is 70.4 Å². The van der Waals surface area contributed by atoms with Crippen LogP contribution < -0.4 is 0 Å². The van der Waals surface area contributed by atoms with Crippen LogP contribution in [0.15, 0.2) is 24.1 Å².